The molecule has 1 N–H and O–H groups in total. The molecule has 0 bridgehead atoms. The number of carboxylic acid groups (broad SMARTS) is 1. The molecule has 0 spiro atoms. The zero-order chi connectivity index (χ0) is 22.2. The maximum Gasteiger partial charge on any atom is 0.303 e. The second-order valence-electron chi connectivity index (χ2n) is 6.72. The molecule has 160 valence electrons. The number of carboxylic acids is 1. The predicted octanol–water partition coefficient (Wildman–Crippen LogP) is 4.68. The van der Waals surface area contributed by atoms with Crippen LogP contribution in [0, 0.1) is 0 Å². The second-order valence-corrected chi connectivity index (χ2v) is 10.3. The summed E-state index contributed by atoms with van der Waals surface area (Å²) in [5, 5.41) is 10.1. The van der Waals surface area contributed by atoms with Gasteiger partial charge in [0.1, 0.15) is 4.21 Å². The third-order valence-electron chi connectivity index (χ3n) is 4.75. The molecule has 0 unspecified atom stereocenters. The molecular weight excluding hydrogens is 460 g/mol. The molecule has 7 nitrogen and oxygen atoms in total. The smallest absolute Gasteiger partial charge is 0.303 e. The van der Waals surface area contributed by atoms with Crippen molar-refractivity contribution in [3.05, 3.63) is 65.4 Å². The molecule has 0 fully saturated rings. The van der Waals surface area contributed by atoms with Crippen LogP contribution < -0.4 is 4.74 Å². The van der Waals surface area contributed by atoms with Crippen LogP contribution in [0.2, 0.25) is 5.02 Å². The number of benzene rings is 1. The minimum atomic E-state index is -3.90. The highest BCUT2D eigenvalue weighted by Crippen LogP contribution is 2.35. The van der Waals surface area contributed by atoms with Crippen molar-refractivity contribution in [3.8, 4) is 16.3 Å². The Kier molecular flexibility index (Phi) is 5.74. The van der Waals surface area contributed by atoms with Gasteiger partial charge in [-0.15, -0.1) is 11.3 Å². The van der Waals surface area contributed by atoms with Crippen LogP contribution in [0.5, 0.6) is 5.88 Å². The number of ether oxygens (including phenoxy) is 1. The number of hydrogen-bond donors (Lipinski definition) is 1. The zero-order valence-electron chi connectivity index (χ0n) is 16.3. The average Bonchev–Trinajstić information content (AvgIpc) is 3.38. The van der Waals surface area contributed by atoms with Gasteiger partial charge in [-0.3, -0.25) is 4.79 Å². The number of halogens is 1. The molecule has 0 saturated carbocycles. The van der Waals surface area contributed by atoms with E-state index in [4.69, 9.17) is 21.4 Å². The van der Waals surface area contributed by atoms with E-state index in [1.165, 1.54) is 17.3 Å². The molecule has 0 saturated heterocycles. The number of methoxy groups -OCH3 is 1. The fourth-order valence-corrected chi connectivity index (χ4v) is 6.18. The SMILES string of the molecule is COc1ccc(-c2ccc(S(=O)(=O)n3cc(CCC(=O)O)c4cc(Cl)ccc43)s2)cn1. The lowest BCUT2D eigenvalue weighted by atomic mass is 10.1. The molecule has 0 amide bonds. The first-order chi connectivity index (χ1) is 14.8. The molecule has 3 aromatic heterocycles. The normalized spacial score (nSPS) is 11.7. The summed E-state index contributed by atoms with van der Waals surface area (Å²) in [4.78, 5) is 15.9. The van der Waals surface area contributed by atoms with Crippen molar-refractivity contribution in [1.82, 2.24) is 8.96 Å². The van der Waals surface area contributed by atoms with Gasteiger partial charge in [0.15, 0.2) is 0 Å². The lowest BCUT2D eigenvalue weighted by Gasteiger charge is -2.05. The summed E-state index contributed by atoms with van der Waals surface area (Å²) in [7, 11) is -2.37. The van der Waals surface area contributed by atoms with Crippen molar-refractivity contribution in [2.24, 2.45) is 0 Å². The van der Waals surface area contributed by atoms with Gasteiger partial charge >= 0.3 is 5.97 Å². The zero-order valence-corrected chi connectivity index (χ0v) is 18.7. The minimum Gasteiger partial charge on any atom is -0.481 e. The molecule has 4 aromatic rings. The number of aromatic nitrogens is 2. The summed E-state index contributed by atoms with van der Waals surface area (Å²) in [6.07, 6.45) is 3.19. The molecular formula is C21H17ClN2O5S2. The second kappa shape index (κ2) is 8.33. The Labute approximate surface area is 187 Å². The van der Waals surface area contributed by atoms with Crippen molar-refractivity contribution in [2.45, 2.75) is 17.1 Å². The van der Waals surface area contributed by atoms with Gasteiger partial charge in [-0.05, 0) is 48.4 Å². The molecule has 1 aromatic carbocycles. The Hall–Kier alpha value is -2.88. The third-order valence-corrected chi connectivity index (χ3v) is 8.26. The van der Waals surface area contributed by atoms with Crippen molar-refractivity contribution in [3.63, 3.8) is 0 Å². The van der Waals surface area contributed by atoms with Crippen LogP contribution in [0.25, 0.3) is 21.3 Å². The molecule has 0 aliphatic rings. The molecule has 31 heavy (non-hydrogen) atoms. The predicted molar refractivity (Wildman–Crippen MR) is 120 cm³/mol. The van der Waals surface area contributed by atoms with E-state index in [0.29, 0.717) is 27.4 Å². The summed E-state index contributed by atoms with van der Waals surface area (Å²) < 4.78 is 33.2. The van der Waals surface area contributed by atoms with Gasteiger partial charge in [0.2, 0.25) is 5.88 Å². The Bertz CT molecular complexity index is 1370. The summed E-state index contributed by atoms with van der Waals surface area (Å²) in [5.41, 5.74) is 1.84. The Morgan fingerprint density at radius 2 is 2.03 bits per heavy atom. The maximum atomic E-state index is 13.4. The van der Waals surface area contributed by atoms with E-state index in [1.807, 2.05) is 6.07 Å². The van der Waals surface area contributed by atoms with Gasteiger partial charge in [-0.1, -0.05) is 11.6 Å². The first-order valence-electron chi connectivity index (χ1n) is 9.16. The van der Waals surface area contributed by atoms with Crippen molar-refractivity contribution < 1.29 is 23.1 Å². The van der Waals surface area contributed by atoms with Gasteiger partial charge < -0.3 is 9.84 Å². The van der Waals surface area contributed by atoms with E-state index in [0.717, 1.165) is 21.8 Å². The van der Waals surface area contributed by atoms with Gasteiger partial charge in [0, 0.05) is 45.7 Å². The highest BCUT2D eigenvalue weighted by atomic mass is 35.5. The Morgan fingerprint density at radius 1 is 1.23 bits per heavy atom. The quantitative estimate of drug-likeness (QED) is 0.415. The van der Waals surface area contributed by atoms with E-state index < -0.39 is 16.0 Å². The van der Waals surface area contributed by atoms with Crippen LogP contribution in [0.3, 0.4) is 0 Å². The molecule has 3 heterocycles. The maximum absolute atomic E-state index is 13.4. The molecule has 0 aliphatic carbocycles. The van der Waals surface area contributed by atoms with E-state index >= 15 is 0 Å². The average molecular weight is 477 g/mol. The van der Waals surface area contributed by atoms with Gasteiger partial charge in [0.25, 0.3) is 10.0 Å². The van der Waals surface area contributed by atoms with Crippen LogP contribution in [-0.4, -0.2) is 35.6 Å². The number of thiophene rings is 1. The molecule has 0 atom stereocenters. The van der Waals surface area contributed by atoms with Crippen LogP contribution in [0.4, 0.5) is 0 Å². The summed E-state index contributed by atoms with van der Waals surface area (Å²) in [5.74, 6) is -0.485. The third kappa shape index (κ3) is 4.16. The molecule has 0 aliphatic heterocycles. The standard InChI is InChI=1S/C21H17ClN2O5S2/c1-29-19-7-2-13(11-23-19)18-6-9-21(30-18)31(27,28)24-12-14(3-8-20(25)26)16-10-15(22)4-5-17(16)24/h2,4-7,9-12H,3,8H2,1H3,(H,25,26). The minimum absolute atomic E-state index is 0.112. The van der Waals surface area contributed by atoms with Gasteiger partial charge in [-0.25, -0.2) is 8.96 Å². The van der Waals surface area contributed by atoms with E-state index in [-0.39, 0.29) is 17.1 Å². The summed E-state index contributed by atoms with van der Waals surface area (Å²) in [6.45, 7) is 0. The van der Waals surface area contributed by atoms with Crippen molar-refractivity contribution in [2.75, 3.05) is 7.11 Å². The first kappa shape index (κ1) is 21.4. The number of rotatable bonds is 7. The van der Waals surface area contributed by atoms with Crippen LogP contribution in [0.15, 0.2) is 59.1 Å². The fraction of sp³-hybridized carbons (Fsp3) is 0.143. The van der Waals surface area contributed by atoms with Gasteiger partial charge in [-0.2, -0.15) is 8.42 Å². The number of pyridine rings is 1. The topological polar surface area (TPSA) is 98.5 Å². The number of aryl methyl sites for hydroxylation is 1. The van der Waals surface area contributed by atoms with Crippen LogP contribution in [0.1, 0.15) is 12.0 Å². The van der Waals surface area contributed by atoms with Crippen LogP contribution in [-0.2, 0) is 21.2 Å². The lowest BCUT2D eigenvalue weighted by Crippen LogP contribution is -2.10. The fourth-order valence-electron chi connectivity index (χ4n) is 3.24. The monoisotopic (exact) mass is 476 g/mol. The van der Waals surface area contributed by atoms with E-state index in [9.17, 15) is 13.2 Å². The molecule has 10 heteroatoms. The Morgan fingerprint density at radius 3 is 2.71 bits per heavy atom. The largest absolute Gasteiger partial charge is 0.481 e. The number of nitrogens with zero attached hydrogens (tertiary/aromatic N) is 2. The van der Waals surface area contributed by atoms with Crippen LogP contribution >= 0.6 is 22.9 Å². The number of hydrogen-bond acceptors (Lipinski definition) is 6. The summed E-state index contributed by atoms with van der Waals surface area (Å²) in [6, 6.07) is 11.7. The van der Waals surface area contributed by atoms with Crippen molar-refractivity contribution >= 4 is 49.8 Å². The highest BCUT2D eigenvalue weighted by molar-refractivity contribution is 7.92. The van der Waals surface area contributed by atoms with E-state index in [1.54, 1.807) is 42.6 Å². The van der Waals surface area contributed by atoms with E-state index in [2.05, 4.69) is 4.98 Å². The number of fused-ring (bicyclic) bond motifs is 1. The highest BCUT2D eigenvalue weighted by Gasteiger charge is 2.24. The molecule has 4 rings (SSSR count). The summed E-state index contributed by atoms with van der Waals surface area (Å²) >= 11 is 7.23. The molecule has 0 radical (unpaired) electrons. The number of carbonyl (C=O) groups is 1. The van der Waals surface area contributed by atoms with Gasteiger partial charge in [0.05, 0.1) is 12.6 Å². The number of aliphatic carboxylic acids is 1. The lowest BCUT2D eigenvalue weighted by molar-refractivity contribution is -0.136. The Balaban J connectivity index is 1.76. The van der Waals surface area contributed by atoms with Crippen molar-refractivity contribution in [1.29, 1.82) is 0 Å². The first-order valence-corrected chi connectivity index (χ1v) is 11.8.